The van der Waals surface area contributed by atoms with Gasteiger partial charge in [0.05, 0.1) is 24.4 Å². The number of benzene rings is 1. The summed E-state index contributed by atoms with van der Waals surface area (Å²) in [6.07, 6.45) is 7.05. The quantitative estimate of drug-likeness (QED) is 0.763. The van der Waals surface area contributed by atoms with E-state index >= 15 is 0 Å². The smallest absolute Gasteiger partial charge is 0.408 e. The van der Waals surface area contributed by atoms with Crippen molar-refractivity contribution in [2.45, 2.75) is 88.2 Å². The van der Waals surface area contributed by atoms with Crippen LogP contribution in [-0.2, 0) is 21.5 Å². The standard InChI is InChI=1S/C24H31N3O3/c1-22(2,3)30-21(28)25-24-14-23(15-24,16-24)20-9-10-27(26-20)18-11-19(12-18)29-13-17-7-5-4-6-8-17/h4-10,18-19H,11-16H2,1-3H3,(H,25,28)/t18-,19+,23?,24?. The van der Waals surface area contributed by atoms with Crippen LogP contribution in [-0.4, -0.2) is 33.1 Å². The topological polar surface area (TPSA) is 65.4 Å². The molecule has 0 unspecified atom stereocenters. The number of amides is 1. The molecule has 1 amide bonds. The number of carbonyl (C=O) groups is 1. The van der Waals surface area contributed by atoms with Crippen molar-refractivity contribution in [2.24, 2.45) is 0 Å². The third-order valence-electron chi connectivity index (χ3n) is 6.72. The van der Waals surface area contributed by atoms with Crippen LogP contribution < -0.4 is 5.32 Å². The van der Waals surface area contributed by atoms with E-state index in [2.05, 4.69) is 34.4 Å². The molecular formula is C24H31N3O3. The Hall–Kier alpha value is -2.34. The van der Waals surface area contributed by atoms with E-state index in [4.69, 9.17) is 14.6 Å². The van der Waals surface area contributed by atoms with Crippen LogP contribution in [0.2, 0.25) is 0 Å². The molecule has 0 radical (unpaired) electrons. The van der Waals surface area contributed by atoms with Crippen LogP contribution >= 0.6 is 0 Å². The van der Waals surface area contributed by atoms with Gasteiger partial charge in [-0.1, -0.05) is 30.3 Å². The molecule has 1 aromatic carbocycles. The van der Waals surface area contributed by atoms with E-state index in [-0.39, 0.29) is 17.0 Å². The van der Waals surface area contributed by atoms with Crippen molar-refractivity contribution in [3.05, 3.63) is 53.9 Å². The summed E-state index contributed by atoms with van der Waals surface area (Å²) in [6.45, 7) is 6.35. The molecule has 6 rings (SSSR count). The molecule has 6 heteroatoms. The lowest BCUT2D eigenvalue weighted by molar-refractivity contribution is -0.0916. The summed E-state index contributed by atoms with van der Waals surface area (Å²) in [7, 11) is 0. The third-order valence-corrected chi connectivity index (χ3v) is 6.72. The highest BCUT2D eigenvalue weighted by Crippen LogP contribution is 2.67. The maximum Gasteiger partial charge on any atom is 0.408 e. The Bertz CT molecular complexity index is 905. The second kappa shape index (κ2) is 6.84. The average Bonchev–Trinajstić information content (AvgIpc) is 3.04. The molecule has 1 N–H and O–H groups in total. The zero-order valence-electron chi connectivity index (χ0n) is 18.1. The second-order valence-electron chi connectivity index (χ2n) is 10.4. The molecule has 0 saturated heterocycles. The average molecular weight is 410 g/mol. The Morgan fingerprint density at radius 3 is 2.53 bits per heavy atom. The molecule has 2 aromatic rings. The fraction of sp³-hybridized carbons (Fsp3) is 0.583. The molecular weight excluding hydrogens is 378 g/mol. The van der Waals surface area contributed by atoms with Gasteiger partial charge in [-0.05, 0) is 64.5 Å². The lowest BCUT2D eigenvalue weighted by atomic mass is 9.38. The number of aromatic nitrogens is 2. The Labute approximate surface area is 177 Å². The molecule has 6 nitrogen and oxygen atoms in total. The SMILES string of the molecule is CC(C)(C)OC(=O)NC12CC(c3ccn([C@H]4C[C@@H](OCc5ccccc5)C4)n3)(C1)C2. The molecule has 4 aliphatic carbocycles. The van der Waals surface area contributed by atoms with E-state index in [1.807, 2.05) is 39.0 Å². The molecule has 4 fully saturated rings. The molecule has 1 aromatic heterocycles. The first-order chi connectivity index (χ1) is 14.2. The van der Waals surface area contributed by atoms with Crippen molar-refractivity contribution >= 4 is 6.09 Å². The van der Waals surface area contributed by atoms with Crippen molar-refractivity contribution in [1.82, 2.24) is 15.1 Å². The maximum absolute atomic E-state index is 12.1. The van der Waals surface area contributed by atoms with Crippen molar-refractivity contribution in [3.63, 3.8) is 0 Å². The number of nitrogens with one attached hydrogen (secondary N) is 1. The highest BCUT2D eigenvalue weighted by molar-refractivity contribution is 5.70. The molecule has 0 aliphatic heterocycles. The molecule has 30 heavy (non-hydrogen) atoms. The largest absolute Gasteiger partial charge is 0.444 e. The monoisotopic (exact) mass is 409 g/mol. The number of ether oxygens (including phenoxy) is 2. The zero-order chi connectivity index (χ0) is 21.0. The van der Waals surface area contributed by atoms with E-state index < -0.39 is 5.60 Å². The van der Waals surface area contributed by atoms with Crippen LogP contribution in [0.5, 0.6) is 0 Å². The number of hydrogen-bond acceptors (Lipinski definition) is 4. The van der Waals surface area contributed by atoms with Gasteiger partial charge in [0.2, 0.25) is 0 Å². The molecule has 2 bridgehead atoms. The maximum atomic E-state index is 12.1. The first-order valence-corrected chi connectivity index (χ1v) is 11.0. The van der Waals surface area contributed by atoms with Crippen LogP contribution in [0.25, 0.3) is 0 Å². The number of carbonyl (C=O) groups excluding carboxylic acids is 1. The number of alkyl carbamates (subject to hydrolysis) is 1. The Balaban J connectivity index is 1.09. The van der Waals surface area contributed by atoms with E-state index in [9.17, 15) is 4.79 Å². The van der Waals surface area contributed by atoms with E-state index in [1.165, 1.54) is 11.3 Å². The van der Waals surface area contributed by atoms with Gasteiger partial charge in [0, 0.05) is 17.2 Å². The van der Waals surface area contributed by atoms with Gasteiger partial charge in [-0.15, -0.1) is 0 Å². The number of rotatable bonds is 6. The van der Waals surface area contributed by atoms with Gasteiger partial charge in [0.25, 0.3) is 0 Å². The van der Waals surface area contributed by atoms with Gasteiger partial charge in [-0.25, -0.2) is 4.79 Å². The third kappa shape index (κ3) is 3.62. The fourth-order valence-electron chi connectivity index (χ4n) is 5.21. The minimum absolute atomic E-state index is 0.0844. The minimum Gasteiger partial charge on any atom is -0.444 e. The molecule has 0 atom stereocenters. The van der Waals surface area contributed by atoms with Gasteiger partial charge in [-0.2, -0.15) is 5.10 Å². The van der Waals surface area contributed by atoms with Crippen molar-refractivity contribution in [1.29, 1.82) is 0 Å². The minimum atomic E-state index is -0.463. The highest BCUT2D eigenvalue weighted by Gasteiger charge is 2.70. The van der Waals surface area contributed by atoms with E-state index in [1.54, 1.807) is 0 Å². The predicted molar refractivity (Wildman–Crippen MR) is 113 cm³/mol. The van der Waals surface area contributed by atoms with Crippen LogP contribution in [0.3, 0.4) is 0 Å². The summed E-state index contributed by atoms with van der Waals surface area (Å²) >= 11 is 0. The summed E-state index contributed by atoms with van der Waals surface area (Å²) in [5, 5.41) is 7.99. The van der Waals surface area contributed by atoms with Gasteiger partial charge in [0.15, 0.2) is 0 Å². The summed E-state index contributed by atoms with van der Waals surface area (Å²) in [5.41, 5.74) is 1.99. The lowest BCUT2D eigenvalue weighted by Crippen LogP contribution is -2.77. The lowest BCUT2D eigenvalue weighted by Gasteiger charge is -2.69. The molecule has 0 spiro atoms. The summed E-state index contributed by atoms with van der Waals surface area (Å²) in [4.78, 5) is 12.1. The number of nitrogens with zero attached hydrogens (tertiary/aromatic N) is 2. The van der Waals surface area contributed by atoms with Crippen molar-refractivity contribution in [2.75, 3.05) is 0 Å². The van der Waals surface area contributed by atoms with Crippen LogP contribution in [0.4, 0.5) is 4.79 Å². The number of hydrogen-bond donors (Lipinski definition) is 1. The summed E-state index contributed by atoms with van der Waals surface area (Å²) < 4.78 is 13.5. The fourth-order valence-corrected chi connectivity index (χ4v) is 5.21. The van der Waals surface area contributed by atoms with Crippen LogP contribution in [0.1, 0.15) is 70.2 Å². The molecule has 160 valence electrons. The van der Waals surface area contributed by atoms with Gasteiger partial charge in [0.1, 0.15) is 5.60 Å². The summed E-state index contributed by atoms with van der Waals surface area (Å²) in [5.74, 6) is 0. The molecule has 1 heterocycles. The van der Waals surface area contributed by atoms with Crippen molar-refractivity contribution < 1.29 is 14.3 Å². The van der Waals surface area contributed by atoms with E-state index in [0.29, 0.717) is 18.8 Å². The summed E-state index contributed by atoms with van der Waals surface area (Å²) in [6, 6.07) is 12.9. The van der Waals surface area contributed by atoms with Gasteiger partial charge < -0.3 is 14.8 Å². The van der Waals surface area contributed by atoms with Gasteiger partial charge >= 0.3 is 6.09 Å². The second-order valence-corrected chi connectivity index (χ2v) is 10.4. The Morgan fingerprint density at radius 2 is 1.87 bits per heavy atom. The molecule has 4 aliphatic rings. The highest BCUT2D eigenvalue weighted by atomic mass is 16.6. The first-order valence-electron chi connectivity index (χ1n) is 11.0. The zero-order valence-corrected chi connectivity index (χ0v) is 18.1. The van der Waals surface area contributed by atoms with Crippen molar-refractivity contribution in [3.8, 4) is 0 Å². The molecule has 4 saturated carbocycles. The Kier molecular flexibility index (Phi) is 4.47. The first kappa shape index (κ1) is 19.6. The van der Waals surface area contributed by atoms with Crippen LogP contribution in [0, 0.1) is 0 Å². The predicted octanol–water partition coefficient (Wildman–Crippen LogP) is 4.50. The van der Waals surface area contributed by atoms with E-state index in [0.717, 1.165) is 32.1 Å². The Morgan fingerprint density at radius 1 is 1.17 bits per heavy atom. The van der Waals surface area contributed by atoms with Gasteiger partial charge in [-0.3, -0.25) is 4.68 Å². The van der Waals surface area contributed by atoms with Crippen LogP contribution in [0.15, 0.2) is 42.6 Å². The normalized spacial score (nSPS) is 31.8.